The van der Waals surface area contributed by atoms with Crippen molar-refractivity contribution < 1.29 is 4.52 Å². The molecule has 0 spiro atoms. The zero-order valence-corrected chi connectivity index (χ0v) is 18.7. The molecular formula is C23H37N5O. The fraction of sp³-hybridized carbons (Fsp3) is 0.565. The van der Waals surface area contributed by atoms with Gasteiger partial charge in [-0.05, 0) is 37.1 Å². The van der Waals surface area contributed by atoms with Crippen LogP contribution in [0, 0.1) is 0 Å². The van der Waals surface area contributed by atoms with E-state index in [1.807, 2.05) is 6.07 Å². The molecule has 0 fully saturated rings. The number of rotatable bonds is 11. The van der Waals surface area contributed by atoms with E-state index in [1.54, 1.807) is 7.05 Å². The Bertz CT molecular complexity index is 730. The maximum absolute atomic E-state index is 5.47. The smallest absolute Gasteiger partial charge is 0.191 e. The van der Waals surface area contributed by atoms with Crippen molar-refractivity contribution in [3.8, 4) is 0 Å². The van der Waals surface area contributed by atoms with E-state index in [0.29, 0.717) is 12.5 Å². The lowest BCUT2D eigenvalue weighted by molar-refractivity contribution is 0.296. The molecule has 0 bridgehead atoms. The molecule has 0 unspecified atom stereocenters. The summed E-state index contributed by atoms with van der Waals surface area (Å²) < 4.78 is 5.47. The molecule has 0 aliphatic carbocycles. The summed E-state index contributed by atoms with van der Waals surface area (Å²) in [5.41, 5.74) is 3.62. The fourth-order valence-corrected chi connectivity index (χ4v) is 3.36. The maximum atomic E-state index is 5.47. The summed E-state index contributed by atoms with van der Waals surface area (Å²) in [6.07, 6.45) is 2.15. The second-order valence-corrected chi connectivity index (χ2v) is 7.29. The Morgan fingerprint density at radius 2 is 1.62 bits per heavy atom. The van der Waals surface area contributed by atoms with Crippen molar-refractivity contribution in [3.63, 3.8) is 0 Å². The van der Waals surface area contributed by atoms with Crippen LogP contribution in [0.4, 0.5) is 0 Å². The minimum atomic E-state index is 0.467. The van der Waals surface area contributed by atoms with Gasteiger partial charge in [-0.25, -0.2) is 0 Å². The lowest BCUT2D eigenvalue weighted by Crippen LogP contribution is -2.36. The SMILES string of the molecule is CCC(CC)c1cc(CNC(=NC)NCc2ccc(CN(CC)CC)cc2)on1. The monoisotopic (exact) mass is 399 g/mol. The van der Waals surface area contributed by atoms with Crippen molar-refractivity contribution in [1.82, 2.24) is 20.7 Å². The molecule has 1 heterocycles. The minimum Gasteiger partial charge on any atom is -0.359 e. The van der Waals surface area contributed by atoms with Crippen molar-refractivity contribution in [1.29, 1.82) is 0 Å². The van der Waals surface area contributed by atoms with Crippen LogP contribution < -0.4 is 10.6 Å². The van der Waals surface area contributed by atoms with Crippen molar-refractivity contribution in [2.45, 2.75) is 66.1 Å². The molecule has 0 aliphatic rings. The van der Waals surface area contributed by atoms with Gasteiger partial charge in [0.2, 0.25) is 0 Å². The molecule has 0 saturated heterocycles. The summed E-state index contributed by atoms with van der Waals surface area (Å²) in [7, 11) is 1.78. The molecule has 2 N–H and O–H groups in total. The van der Waals surface area contributed by atoms with Crippen molar-refractivity contribution in [2.24, 2.45) is 4.99 Å². The van der Waals surface area contributed by atoms with E-state index in [0.717, 1.165) is 56.4 Å². The number of benzene rings is 1. The zero-order valence-electron chi connectivity index (χ0n) is 18.7. The van der Waals surface area contributed by atoms with Gasteiger partial charge in [-0.1, -0.05) is 57.1 Å². The molecule has 0 aliphatic heterocycles. The lowest BCUT2D eigenvalue weighted by atomic mass is 9.99. The summed E-state index contributed by atoms with van der Waals surface area (Å²) in [6.45, 7) is 13.2. The van der Waals surface area contributed by atoms with Crippen molar-refractivity contribution in [3.05, 3.63) is 52.9 Å². The van der Waals surface area contributed by atoms with E-state index >= 15 is 0 Å². The average Bonchev–Trinajstić information content (AvgIpc) is 3.22. The molecule has 160 valence electrons. The number of hydrogen-bond donors (Lipinski definition) is 2. The largest absolute Gasteiger partial charge is 0.359 e. The molecule has 0 saturated carbocycles. The zero-order chi connectivity index (χ0) is 21.1. The topological polar surface area (TPSA) is 65.7 Å². The second-order valence-electron chi connectivity index (χ2n) is 7.29. The molecule has 0 amide bonds. The molecule has 2 aromatic rings. The van der Waals surface area contributed by atoms with E-state index in [4.69, 9.17) is 4.52 Å². The Labute approximate surface area is 175 Å². The third kappa shape index (κ3) is 7.20. The quantitative estimate of drug-likeness (QED) is 0.436. The van der Waals surface area contributed by atoms with Crippen LogP contribution in [0.2, 0.25) is 0 Å². The number of nitrogens with zero attached hydrogens (tertiary/aromatic N) is 3. The van der Waals surface area contributed by atoms with E-state index in [2.05, 4.69) is 77.6 Å². The Kier molecular flexibility index (Phi) is 9.71. The van der Waals surface area contributed by atoms with Crippen molar-refractivity contribution >= 4 is 5.96 Å². The molecule has 2 rings (SSSR count). The average molecular weight is 400 g/mol. The van der Waals surface area contributed by atoms with Gasteiger partial charge in [-0.2, -0.15) is 0 Å². The Morgan fingerprint density at radius 1 is 1.00 bits per heavy atom. The van der Waals surface area contributed by atoms with Crippen LogP contribution in [0.5, 0.6) is 0 Å². The molecule has 1 aromatic carbocycles. The second kappa shape index (κ2) is 12.3. The highest BCUT2D eigenvalue weighted by Crippen LogP contribution is 2.22. The molecule has 0 atom stereocenters. The van der Waals surface area contributed by atoms with Crippen LogP contribution in [0.1, 0.15) is 69.0 Å². The van der Waals surface area contributed by atoms with Crippen LogP contribution in [-0.2, 0) is 19.6 Å². The third-order valence-electron chi connectivity index (χ3n) is 5.42. The van der Waals surface area contributed by atoms with E-state index in [1.165, 1.54) is 11.1 Å². The first kappa shape index (κ1) is 22.9. The van der Waals surface area contributed by atoms with Crippen LogP contribution >= 0.6 is 0 Å². The first-order valence-corrected chi connectivity index (χ1v) is 10.8. The van der Waals surface area contributed by atoms with Gasteiger partial charge in [0.1, 0.15) is 0 Å². The highest BCUT2D eigenvalue weighted by molar-refractivity contribution is 5.79. The number of hydrogen-bond acceptors (Lipinski definition) is 4. The normalized spacial score (nSPS) is 12.0. The van der Waals surface area contributed by atoms with Gasteiger partial charge in [0.05, 0.1) is 12.2 Å². The lowest BCUT2D eigenvalue weighted by Gasteiger charge is -2.18. The van der Waals surface area contributed by atoms with Gasteiger partial charge >= 0.3 is 0 Å². The third-order valence-corrected chi connectivity index (χ3v) is 5.42. The van der Waals surface area contributed by atoms with Crippen LogP contribution in [-0.4, -0.2) is 36.2 Å². The minimum absolute atomic E-state index is 0.467. The summed E-state index contributed by atoms with van der Waals surface area (Å²) in [5, 5.41) is 10.9. The molecule has 29 heavy (non-hydrogen) atoms. The summed E-state index contributed by atoms with van der Waals surface area (Å²) in [6, 6.07) is 10.8. The van der Waals surface area contributed by atoms with Crippen LogP contribution in [0.25, 0.3) is 0 Å². The summed E-state index contributed by atoms with van der Waals surface area (Å²) in [4.78, 5) is 6.71. The highest BCUT2D eigenvalue weighted by atomic mass is 16.5. The van der Waals surface area contributed by atoms with Gasteiger partial charge in [-0.15, -0.1) is 0 Å². The van der Waals surface area contributed by atoms with E-state index in [9.17, 15) is 0 Å². The first-order chi connectivity index (χ1) is 14.1. The summed E-state index contributed by atoms with van der Waals surface area (Å²) >= 11 is 0. The predicted molar refractivity (Wildman–Crippen MR) is 120 cm³/mol. The van der Waals surface area contributed by atoms with E-state index in [-0.39, 0.29) is 0 Å². The number of aliphatic imine (C=N–C) groups is 1. The Balaban J connectivity index is 1.82. The fourth-order valence-electron chi connectivity index (χ4n) is 3.36. The first-order valence-electron chi connectivity index (χ1n) is 10.8. The van der Waals surface area contributed by atoms with Gasteiger partial charge < -0.3 is 15.2 Å². The van der Waals surface area contributed by atoms with Gasteiger partial charge in [-0.3, -0.25) is 9.89 Å². The number of aromatic nitrogens is 1. The Morgan fingerprint density at radius 3 is 2.21 bits per heavy atom. The predicted octanol–water partition coefficient (Wildman–Crippen LogP) is 4.29. The standard InChI is InChI=1S/C23H37N5O/c1-6-20(7-2)22-14-21(29-27-22)16-26-23(24-5)25-15-18-10-12-19(13-11-18)17-28(8-3)9-4/h10-14,20H,6-9,15-17H2,1-5H3,(H2,24,25,26). The molecule has 1 aromatic heterocycles. The molecule has 6 heteroatoms. The van der Waals surface area contributed by atoms with Gasteiger partial charge in [0.25, 0.3) is 0 Å². The van der Waals surface area contributed by atoms with Crippen molar-refractivity contribution in [2.75, 3.05) is 20.1 Å². The van der Waals surface area contributed by atoms with Gasteiger partial charge in [0, 0.05) is 32.1 Å². The maximum Gasteiger partial charge on any atom is 0.191 e. The van der Waals surface area contributed by atoms with Gasteiger partial charge in [0.15, 0.2) is 11.7 Å². The van der Waals surface area contributed by atoms with Crippen LogP contribution in [0.3, 0.4) is 0 Å². The summed E-state index contributed by atoms with van der Waals surface area (Å²) in [5.74, 6) is 2.04. The highest BCUT2D eigenvalue weighted by Gasteiger charge is 2.13. The number of nitrogens with one attached hydrogen (secondary N) is 2. The Hall–Kier alpha value is -2.34. The van der Waals surface area contributed by atoms with Crippen LogP contribution in [0.15, 0.2) is 39.8 Å². The molecule has 6 nitrogen and oxygen atoms in total. The molecular weight excluding hydrogens is 362 g/mol. The van der Waals surface area contributed by atoms with E-state index < -0.39 is 0 Å². The molecule has 0 radical (unpaired) electrons. The number of guanidine groups is 1.